The van der Waals surface area contributed by atoms with Crippen molar-refractivity contribution in [2.24, 2.45) is 11.7 Å². The molecule has 12 nitrogen and oxygen atoms in total. The van der Waals surface area contributed by atoms with Crippen molar-refractivity contribution in [2.45, 2.75) is 73.2 Å². The molecule has 5 N–H and O–H groups in total. The molecule has 43 heavy (non-hydrogen) atoms. The van der Waals surface area contributed by atoms with E-state index in [1.165, 1.54) is 0 Å². The summed E-state index contributed by atoms with van der Waals surface area (Å²) in [4.78, 5) is 55.1. The van der Waals surface area contributed by atoms with E-state index in [0.717, 1.165) is 31.2 Å². The molecule has 0 bridgehead atoms. The molecule has 0 spiro atoms. The quantitative estimate of drug-likeness (QED) is 0.123. The molecular formula is C30H44IN5O7. The van der Waals surface area contributed by atoms with E-state index in [4.69, 9.17) is 19.9 Å². The molecule has 0 aromatic heterocycles. The van der Waals surface area contributed by atoms with Crippen LogP contribution in [0.5, 0.6) is 5.75 Å². The molecule has 3 fully saturated rings. The third-order valence-corrected chi connectivity index (χ3v) is 9.49. The van der Waals surface area contributed by atoms with Gasteiger partial charge in [-0.3, -0.25) is 24.1 Å². The minimum Gasteiger partial charge on any atom is -0.497 e. The number of methoxy groups -OCH3 is 1. The molecular weight excluding hydrogens is 669 g/mol. The van der Waals surface area contributed by atoms with Gasteiger partial charge < -0.3 is 35.9 Å². The van der Waals surface area contributed by atoms with Crippen LogP contribution >= 0.6 is 22.6 Å². The fourth-order valence-corrected chi connectivity index (χ4v) is 6.08. The van der Waals surface area contributed by atoms with Crippen molar-refractivity contribution < 1.29 is 33.4 Å². The Balaban J connectivity index is 1.44. The Hall–Kier alpha value is -2.33. The first-order valence-electron chi connectivity index (χ1n) is 15.0. The maximum atomic E-state index is 13.8. The van der Waals surface area contributed by atoms with Gasteiger partial charge in [-0.1, -0.05) is 12.1 Å². The molecule has 4 atom stereocenters. The number of Topliss-reactive ketones (excluding diaryl/α,β-unsaturated/α-hetero) is 1. The van der Waals surface area contributed by atoms with Gasteiger partial charge in [-0.2, -0.15) is 0 Å². The van der Waals surface area contributed by atoms with Crippen LogP contribution in [0.1, 0.15) is 44.6 Å². The number of morpholine rings is 1. The third-order valence-electron chi connectivity index (χ3n) is 8.33. The zero-order valence-electron chi connectivity index (χ0n) is 24.9. The van der Waals surface area contributed by atoms with Crippen molar-refractivity contribution in [3.05, 3.63) is 29.8 Å². The fraction of sp³-hybridized carbons (Fsp3) is 0.667. The Labute approximate surface area is 266 Å². The number of carbonyl (C=O) groups is 4. The summed E-state index contributed by atoms with van der Waals surface area (Å²) in [6.45, 7) is 4.47. The monoisotopic (exact) mass is 713 g/mol. The van der Waals surface area contributed by atoms with Gasteiger partial charge >= 0.3 is 0 Å². The number of ketones is 1. The number of carbonyl (C=O) groups excluding carboxylic acids is 4. The first-order chi connectivity index (χ1) is 20.6. The Morgan fingerprint density at radius 1 is 1.02 bits per heavy atom. The minimum atomic E-state index is -0.986. The zero-order chi connectivity index (χ0) is 31.0. The van der Waals surface area contributed by atoms with E-state index in [1.54, 1.807) is 26.2 Å². The Morgan fingerprint density at radius 3 is 2.26 bits per heavy atom. The average molecular weight is 714 g/mol. The first kappa shape index (κ1) is 33.6. The molecule has 1 aromatic rings. The van der Waals surface area contributed by atoms with Crippen LogP contribution in [0.4, 0.5) is 0 Å². The maximum Gasteiger partial charge on any atom is 0.243 e. The molecule has 3 amide bonds. The summed E-state index contributed by atoms with van der Waals surface area (Å²) in [5, 5.41) is 8.50. The molecule has 2 saturated heterocycles. The number of epoxide rings is 1. The molecule has 1 saturated carbocycles. The number of nitrogens with one attached hydrogen (secondary N) is 3. The predicted octanol–water partition coefficient (Wildman–Crippen LogP) is 0.682. The maximum absolute atomic E-state index is 13.8. The van der Waals surface area contributed by atoms with E-state index in [0.29, 0.717) is 45.1 Å². The highest BCUT2D eigenvalue weighted by molar-refractivity contribution is 14.1. The van der Waals surface area contributed by atoms with Crippen LogP contribution < -0.4 is 26.4 Å². The molecule has 1 aliphatic carbocycles. The second-order valence-electron chi connectivity index (χ2n) is 11.8. The number of hydrogen-bond donors (Lipinski definition) is 4. The standard InChI is InChI=1S/C30H44IN5O7/c1-19(33-26(37)17-36-11-13-42-14-12-36)28(39)35-25(16-21-5-9-23(41-2)10-6-21)29(40)34-24(27(38)30(31)18-43-30)15-20-3-7-22(32)8-4-20/h5-6,9-10,19-20,22,24-25H,3-4,7-8,11-18,32H2,1-2H3,(H,33,37)(H,34,40)(H,35,39). The number of nitrogens with zero attached hydrogens (tertiary/aromatic N) is 1. The lowest BCUT2D eigenvalue weighted by Gasteiger charge is -2.30. The predicted molar refractivity (Wildman–Crippen MR) is 168 cm³/mol. The topological polar surface area (TPSA) is 165 Å². The first-order valence-corrected chi connectivity index (χ1v) is 16.1. The van der Waals surface area contributed by atoms with E-state index >= 15 is 0 Å². The highest BCUT2D eigenvalue weighted by atomic mass is 127. The van der Waals surface area contributed by atoms with Crippen LogP contribution in [0.15, 0.2) is 24.3 Å². The van der Waals surface area contributed by atoms with Crippen molar-refractivity contribution in [3.63, 3.8) is 0 Å². The number of amides is 3. The summed E-state index contributed by atoms with van der Waals surface area (Å²) < 4.78 is 15.1. The van der Waals surface area contributed by atoms with Gasteiger partial charge in [0, 0.05) is 25.6 Å². The van der Waals surface area contributed by atoms with Gasteiger partial charge in [-0.05, 0) is 85.2 Å². The van der Waals surface area contributed by atoms with E-state index in [-0.39, 0.29) is 36.6 Å². The minimum absolute atomic E-state index is 0.159. The normalized spacial score (nSPS) is 26.0. The third kappa shape index (κ3) is 10.1. The molecule has 4 rings (SSSR count). The number of halogens is 1. The van der Waals surface area contributed by atoms with Crippen LogP contribution in [0, 0.1) is 5.92 Å². The Kier molecular flexibility index (Phi) is 12.2. The number of rotatable bonds is 14. The van der Waals surface area contributed by atoms with Crippen LogP contribution in [0.3, 0.4) is 0 Å². The van der Waals surface area contributed by atoms with E-state index < -0.39 is 33.5 Å². The van der Waals surface area contributed by atoms with Gasteiger partial charge in [0.1, 0.15) is 17.8 Å². The Bertz CT molecular complexity index is 1120. The molecule has 2 aliphatic heterocycles. The number of nitrogens with two attached hydrogens (primary N) is 1. The van der Waals surface area contributed by atoms with E-state index in [9.17, 15) is 19.2 Å². The summed E-state index contributed by atoms with van der Waals surface area (Å²) >= 11 is 2.00. The summed E-state index contributed by atoms with van der Waals surface area (Å²) in [7, 11) is 1.57. The highest BCUT2D eigenvalue weighted by Gasteiger charge is 2.52. The number of benzene rings is 1. The van der Waals surface area contributed by atoms with Crippen molar-refractivity contribution in [2.75, 3.05) is 46.6 Å². The van der Waals surface area contributed by atoms with Gasteiger partial charge in [0.15, 0.2) is 5.78 Å². The van der Waals surface area contributed by atoms with Crippen LogP contribution in [-0.2, 0) is 35.1 Å². The van der Waals surface area contributed by atoms with Gasteiger partial charge in [0.25, 0.3) is 0 Å². The fourth-order valence-electron chi connectivity index (χ4n) is 5.55. The van der Waals surface area contributed by atoms with Crippen molar-refractivity contribution in [1.82, 2.24) is 20.9 Å². The molecule has 4 unspecified atom stereocenters. The second kappa shape index (κ2) is 15.6. The van der Waals surface area contributed by atoms with Gasteiger partial charge in [-0.25, -0.2) is 0 Å². The largest absolute Gasteiger partial charge is 0.497 e. The number of alkyl halides is 1. The SMILES string of the molecule is COc1ccc(CC(NC(=O)C(C)NC(=O)CN2CCOCC2)C(=O)NC(CC2CCC(N)CC2)C(=O)C2(I)CO2)cc1. The summed E-state index contributed by atoms with van der Waals surface area (Å²) in [6.07, 6.45) is 4.23. The van der Waals surface area contributed by atoms with Crippen LogP contribution in [-0.4, -0.2) is 103 Å². The Morgan fingerprint density at radius 2 is 1.65 bits per heavy atom. The van der Waals surface area contributed by atoms with Gasteiger partial charge in [-0.15, -0.1) is 0 Å². The average Bonchev–Trinajstić information content (AvgIpc) is 3.76. The lowest BCUT2D eigenvalue weighted by atomic mass is 9.81. The molecule has 238 valence electrons. The number of ether oxygens (including phenoxy) is 3. The molecule has 2 heterocycles. The molecule has 1 aromatic carbocycles. The van der Waals surface area contributed by atoms with Crippen molar-refractivity contribution in [1.29, 1.82) is 0 Å². The molecule has 0 radical (unpaired) electrons. The van der Waals surface area contributed by atoms with Crippen LogP contribution in [0.25, 0.3) is 0 Å². The lowest BCUT2D eigenvalue weighted by Crippen LogP contribution is -2.57. The van der Waals surface area contributed by atoms with Crippen molar-refractivity contribution >= 4 is 46.1 Å². The summed E-state index contributed by atoms with van der Waals surface area (Å²) in [5.41, 5.74) is 6.88. The second-order valence-corrected chi connectivity index (χ2v) is 13.5. The smallest absolute Gasteiger partial charge is 0.243 e. The zero-order valence-corrected chi connectivity index (χ0v) is 27.1. The summed E-state index contributed by atoms with van der Waals surface area (Å²) in [5.74, 6) is -0.499. The van der Waals surface area contributed by atoms with E-state index in [2.05, 4.69) is 16.0 Å². The summed E-state index contributed by atoms with van der Waals surface area (Å²) in [6, 6.07) is 4.77. The van der Waals surface area contributed by atoms with Crippen LogP contribution in [0.2, 0.25) is 0 Å². The van der Waals surface area contributed by atoms with Crippen molar-refractivity contribution in [3.8, 4) is 5.75 Å². The highest BCUT2D eigenvalue weighted by Crippen LogP contribution is 2.38. The molecule has 13 heteroatoms. The van der Waals surface area contributed by atoms with Gasteiger partial charge in [0.2, 0.25) is 21.3 Å². The van der Waals surface area contributed by atoms with Gasteiger partial charge in [0.05, 0.1) is 39.5 Å². The molecule has 3 aliphatic rings. The lowest BCUT2D eigenvalue weighted by molar-refractivity contribution is -0.133. The number of hydrogen-bond acceptors (Lipinski definition) is 9. The van der Waals surface area contributed by atoms with E-state index in [1.807, 2.05) is 39.6 Å².